The Balaban J connectivity index is 0.00000280. The number of aryl methyl sites for hydroxylation is 1. The molecule has 2 fully saturated rings. The smallest absolute Gasteiger partial charge is 0.256 e. The number of fused-ring (bicyclic) bond motifs is 4. The van der Waals surface area contributed by atoms with Crippen molar-refractivity contribution in [3.8, 4) is 0 Å². The first kappa shape index (κ1) is 25.9. The largest absolute Gasteiger partial charge is 0.337 e. The zero-order valence-electron chi connectivity index (χ0n) is 21.5. The van der Waals surface area contributed by atoms with Crippen LogP contribution >= 0.6 is 0 Å². The maximum Gasteiger partial charge on any atom is 0.256 e. The quantitative estimate of drug-likeness (QED) is 0.374. The average Bonchev–Trinajstić information content (AvgIpc) is 3.45. The predicted molar refractivity (Wildman–Crippen MR) is 142 cm³/mol. The van der Waals surface area contributed by atoms with E-state index in [-0.39, 0.29) is 56.6 Å². The molecule has 2 aromatic carbocycles. The molecule has 4 aliphatic heterocycles. The van der Waals surface area contributed by atoms with Crippen LogP contribution in [0.3, 0.4) is 0 Å². The number of aliphatic imine (C=N–C) groups is 2. The molecule has 7 heteroatoms. The number of allylic oxidation sites excluding steroid dienone is 2. The molecular formula is C30H29N4O2Y-. The van der Waals surface area contributed by atoms with Crippen LogP contribution in [0.15, 0.2) is 57.5 Å². The van der Waals surface area contributed by atoms with Gasteiger partial charge in [0.05, 0.1) is 23.3 Å². The van der Waals surface area contributed by atoms with E-state index >= 15 is 0 Å². The molecule has 4 heterocycles. The Kier molecular flexibility index (Phi) is 7.17. The van der Waals surface area contributed by atoms with E-state index in [0.29, 0.717) is 36.3 Å². The number of benzene rings is 2. The van der Waals surface area contributed by atoms with E-state index in [1.54, 1.807) is 6.07 Å². The summed E-state index contributed by atoms with van der Waals surface area (Å²) in [6.45, 7) is 7.41. The zero-order valence-corrected chi connectivity index (χ0v) is 24.3. The van der Waals surface area contributed by atoms with Gasteiger partial charge in [-0.05, 0) is 74.5 Å². The van der Waals surface area contributed by atoms with Crippen LogP contribution in [0.4, 0.5) is 11.4 Å². The molecule has 37 heavy (non-hydrogen) atoms. The standard InChI is InChI=1S/C30H29N4O2.Y/c1-4-19-10-23-14-31-27-12-21(6-7-25(27)29(35)33(23)16-19)9-22-13-28-26(8-18(22)3)30(36)34-17-20(5-2)11-24(34)15-32-28;/h4-5,7-8,12-15,23-24H,9-11,16-17H2,1-3H3;/q-1;/b19-4+,20-5+;/t23-,24-;/m0./s1. The van der Waals surface area contributed by atoms with Crippen molar-refractivity contribution < 1.29 is 42.3 Å². The van der Waals surface area contributed by atoms with Crippen molar-refractivity contribution in [2.45, 2.75) is 52.1 Å². The monoisotopic (exact) mass is 566 g/mol. The van der Waals surface area contributed by atoms with Crippen LogP contribution in [0.1, 0.15) is 64.1 Å². The zero-order chi connectivity index (χ0) is 25.0. The molecule has 2 atom stereocenters. The number of nitrogens with zero attached hydrogens (tertiary/aromatic N) is 4. The van der Waals surface area contributed by atoms with Gasteiger partial charge in [0.25, 0.3) is 5.91 Å². The maximum absolute atomic E-state index is 13.3. The third-order valence-electron chi connectivity index (χ3n) is 7.88. The molecule has 0 N–H and O–H groups in total. The van der Waals surface area contributed by atoms with Gasteiger partial charge in [-0.2, -0.15) is 17.7 Å². The topological polar surface area (TPSA) is 65.3 Å². The molecule has 6 nitrogen and oxygen atoms in total. The van der Waals surface area contributed by atoms with Gasteiger partial charge in [0, 0.05) is 58.2 Å². The van der Waals surface area contributed by atoms with E-state index in [1.165, 1.54) is 11.1 Å². The van der Waals surface area contributed by atoms with E-state index in [4.69, 9.17) is 9.98 Å². The van der Waals surface area contributed by atoms with Gasteiger partial charge < -0.3 is 9.80 Å². The molecule has 0 saturated carbocycles. The van der Waals surface area contributed by atoms with Gasteiger partial charge in [0.1, 0.15) is 0 Å². The summed E-state index contributed by atoms with van der Waals surface area (Å²) in [4.78, 5) is 39.7. The first-order valence-electron chi connectivity index (χ1n) is 12.6. The molecule has 2 aromatic rings. The SMILES string of the molecule is C/C=C1\C[C@H]2C=Nc3cc(Cc4cc5c(cc4C)C(=O)N4C/C(=C/C)C[C@H]4C=N5)[c-]cc3C(=O)N2C1.[Y]. The Bertz CT molecular complexity index is 1420. The summed E-state index contributed by atoms with van der Waals surface area (Å²) >= 11 is 0. The molecule has 0 bridgehead atoms. The number of hydrogen-bond acceptors (Lipinski definition) is 4. The van der Waals surface area contributed by atoms with Crippen molar-refractivity contribution >= 4 is 35.6 Å². The molecular weight excluding hydrogens is 537 g/mol. The molecule has 2 saturated heterocycles. The van der Waals surface area contributed by atoms with E-state index < -0.39 is 0 Å². The van der Waals surface area contributed by atoms with Gasteiger partial charge in [-0.3, -0.25) is 19.6 Å². The summed E-state index contributed by atoms with van der Waals surface area (Å²) in [5, 5.41) is 0. The second-order valence-corrected chi connectivity index (χ2v) is 10.1. The summed E-state index contributed by atoms with van der Waals surface area (Å²) in [6.07, 6.45) is 10.3. The van der Waals surface area contributed by atoms with Crippen molar-refractivity contribution in [2.75, 3.05) is 13.1 Å². The average molecular weight is 566 g/mol. The van der Waals surface area contributed by atoms with Crippen LogP contribution in [0.25, 0.3) is 0 Å². The molecule has 0 unspecified atom stereocenters. The number of carbonyl (C=O) groups excluding carboxylic acids is 2. The van der Waals surface area contributed by atoms with E-state index in [2.05, 4.69) is 18.2 Å². The normalized spacial score (nSPS) is 24.0. The molecule has 185 valence electrons. The molecule has 0 aliphatic carbocycles. The Hall–Kier alpha value is -2.70. The number of amides is 2. The van der Waals surface area contributed by atoms with Gasteiger partial charge >= 0.3 is 0 Å². The summed E-state index contributed by atoms with van der Waals surface area (Å²) in [7, 11) is 0. The fraction of sp³-hybridized carbons (Fsp3) is 0.333. The van der Waals surface area contributed by atoms with Gasteiger partial charge in [-0.25, -0.2) is 0 Å². The van der Waals surface area contributed by atoms with E-state index in [1.807, 2.05) is 61.2 Å². The van der Waals surface area contributed by atoms with Gasteiger partial charge in [-0.15, -0.1) is 6.07 Å². The van der Waals surface area contributed by atoms with Crippen molar-refractivity contribution in [3.05, 3.63) is 81.4 Å². The number of rotatable bonds is 2. The minimum absolute atomic E-state index is 0. The third kappa shape index (κ3) is 4.59. The minimum atomic E-state index is 0. The second-order valence-electron chi connectivity index (χ2n) is 10.1. The fourth-order valence-electron chi connectivity index (χ4n) is 5.65. The number of carbonyl (C=O) groups is 2. The summed E-state index contributed by atoms with van der Waals surface area (Å²) in [6, 6.07) is 11.1. The van der Waals surface area contributed by atoms with Crippen molar-refractivity contribution in [2.24, 2.45) is 9.98 Å². The first-order chi connectivity index (χ1) is 17.4. The van der Waals surface area contributed by atoms with E-state index in [0.717, 1.165) is 35.2 Å². The predicted octanol–water partition coefficient (Wildman–Crippen LogP) is 5.14. The van der Waals surface area contributed by atoms with Crippen LogP contribution < -0.4 is 0 Å². The molecule has 6 rings (SSSR count). The van der Waals surface area contributed by atoms with E-state index in [9.17, 15) is 9.59 Å². The minimum Gasteiger partial charge on any atom is -0.337 e. The second kappa shape index (κ2) is 10.2. The Labute approximate surface area is 243 Å². The van der Waals surface area contributed by atoms with Crippen LogP contribution in [0, 0.1) is 13.0 Å². The van der Waals surface area contributed by atoms with Crippen LogP contribution in [-0.2, 0) is 39.1 Å². The van der Waals surface area contributed by atoms with Crippen LogP contribution in [0.5, 0.6) is 0 Å². The van der Waals surface area contributed by atoms with Crippen molar-refractivity contribution in [1.29, 1.82) is 0 Å². The molecule has 2 amide bonds. The molecule has 4 aliphatic rings. The number of hydrogen-bond donors (Lipinski definition) is 0. The van der Waals surface area contributed by atoms with Crippen molar-refractivity contribution in [1.82, 2.24) is 9.80 Å². The Morgan fingerprint density at radius 1 is 0.892 bits per heavy atom. The summed E-state index contributed by atoms with van der Waals surface area (Å²) in [5.41, 5.74) is 8.33. The van der Waals surface area contributed by atoms with Crippen molar-refractivity contribution in [3.63, 3.8) is 0 Å². The van der Waals surface area contributed by atoms with Gasteiger partial charge in [0.15, 0.2) is 0 Å². The summed E-state index contributed by atoms with van der Waals surface area (Å²) < 4.78 is 0. The maximum atomic E-state index is 13.3. The Morgan fingerprint density at radius 3 is 2.05 bits per heavy atom. The first-order valence-corrected chi connectivity index (χ1v) is 12.6. The summed E-state index contributed by atoms with van der Waals surface area (Å²) in [5.74, 6) is 0.0629. The molecule has 1 radical (unpaired) electrons. The van der Waals surface area contributed by atoms with Gasteiger partial charge in [0.2, 0.25) is 5.91 Å². The molecule has 0 aromatic heterocycles. The van der Waals surface area contributed by atoms with Gasteiger partial charge in [-0.1, -0.05) is 23.3 Å². The van der Waals surface area contributed by atoms with Crippen LogP contribution in [0.2, 0.25) is 0 Å². The fourth-order valence-corrected chi connectivity index (χ4v) is 5.65. The Morgan fingerprint density at radius 2 is 1.46 bits per heavy atom. The third-order valence-corrected chi connectivity index (χ3v) is 7.88. The van der Waals surface area contributed by atoms with Crippen LogP contribution in [-0.4, -0.2) is 59.2 Å². The molecule has 0 spiro atoms.